The van der Waals surface area contributed by atoms with E-state index in [1.165, 1.54) is 5.56 Å². The molecule has 3 rings (SSSR count). The van der Waals surface area contributed by atoms with Crippen molar-refractivity contribution in [3.8, 4) is 0 Å². The number of benzene rings is 1. The summed E-state index contributed by atoms with van der Waals surface area (Å²) in [4.78, 5) is 28.7. The summed E-state index contributed by atoms with van der Waals surface area (Å²) >= 11 is 0. The minimum atomic E-state index is -0.331. The third-order valence-corrected chi connectivity index (χ3v) is 5.13. The number of hydrogen-bond donors (Lipinski definition) is 1. The van der Waals surface area contributed by atoms with Crippen molar-refractivity contribution in [3.05, 3.63) is 35.9 Å². The molecule has 0 spiro atoms. The fourth-order valence-electron chi connectivity index (χ4n) is 3.69. The van der Waals surface area contributed by atoms with Crippen LogP contribution in [-0.2, 0) is 16.1 Å². The number of piperazine rings is 1. The molecular weight excluding hydrogens is 302 g/mol. The molecule has 2 aliphatic rings. The smallest absolute Gasteiger partial charge is 0.245 e. The lowest BCUT2D eigenvalue weighted by Crippen LogP contribution is -2.62. The quantitative estimate of drug-likeness (QED) is 0.920. The van der Waals surface area contributed by atoms with Crippen LogP contribution in [0.2, 0.25) is 0 Å². The molecular formula is C19H27N3O2. The number of nitrogens with zero attached hydrogens (tertiary/aromatic N) is 2. The van der Waals surface area contributed by atoms with E-state index < -0.39 is 0 Å². The molecule has 5 heteroatoms. The van der Waals surface area contributed by atoms with E-state index in [2.05, 4.69) is 48.3 Å². The SMILES string of the molecule is CC1(C)CN(C(=O)[C@H]2CCCC(=O)N2)CCN1Cc1ccccc1. The molecule has 0 saturated carbocycles. The molecule has 24 heavy (non-hydrogen) atoms. The van der Waals surface area contributed by atoms with Gasteiger partial charge in [0.25, 0.3) is 0 Å². The molecule has 0 aromatic heterocycles. The maximum absolute atomic E-state index is 12.7. The second-order valence-electron chi connectivity index (χ2n) is 7.49. The first-order valence-electron chi connectivity index (χ1n) is 8.83. The normalized spacial score (nSPS) is 24.5. The summed E-state index contributed by atoms with van der Waals surface area (Å²) in [7, 11) is 0. The van der Waals surface area contributed by atoms with Crippen LogP contribution in [0.15, 0.2) is 30.3 Å². The molecule has 5 nitrogen and oxygen atoms in total. The first kappa shape index (κ1) is 17.0. The summed E-state index contributed by atoms with van der Waals surface area (Å²) in [6.07, 6.45) is 2.11. The van der Waals surface area contributed by atoms with Gasteiger partial charge in [-0.2, -0.15) is 0 Å². The van der Waals surface area contributed by atoms with Crippen molar-refractivity contribution >= 4 is 11.8 Å². The summed E-state index contributed by atoms with van der Waals surface area (Å²) in [6.45, 7) is 7.56. The van der Waals surface area contributed by atoms with Gasteiger partial charge in [0, 0.05) is 38.1 Å². The summed E-state index contributed by atoms with van der Waals surface area (Å²) in [5, 5.41) is 2.85. The Balaban J connectivity index is 1.62. The Labute approximate surface area is 144 Å². The van der Waals surface area contributed by atoms with Crippen LogP contribution in [0.3, 0.4) is 0 Å². The Hall–Kier alpha value is -1.88. The highest BCUT2D eigenvalue weighted by Gasteiger charge is 2.38. The average Bonchev–Trinajstić information content (AvgIpc) is 2.57. The van der Waals surface area contributed by atoms with Crippen molar-refractivity contribution < 1.29 is 9.59 Å². The molecule has 0 unspecified atom stereocenters. The third kappa shape index (κ3) is 3.78. The number of piperidine rings is 1. The number of amides is 2. The second-order valence-corrected chi connectivity index (χ2v) is 7.49. The highest BCUT2D eigenvalue weighted by atomic mass is 16.2. The molecule has 0 radical (unpaired) electrons. The molecule has 2 saturated heterocycles. The highest BCUT2D eigenvalue weighted by molar-refractivity contribution is 5.88. The van der Waals surface area contributed by atoms with Crippen LogP contribution in [0.1, 0.15) is 38.7 Å². The maximum atomic E-state index is 12.7. The number of carbonyl (C=O) groups is 2. The number of carbonyl (C=O) groups excluding carboxylic acids is 2. The van der Waals surface area contributed by atoms with Crippen LogP contribution in [0.25, 0.3) is 0 Å². The first-order chi connectivity index (χ1) is 11.5. The summed E-state index contributed by atoms with van der Waals surface area (Å²) in [6, 6.07) is 10.1. The van der Waals surface area contributed by atoms with Gasteiger partial charge in [0.2, 0.25) is 11.8 Å². The topological polar surface area (TPSA) is 52.7 Å². The number of rotatable bonds is 3. The molecule has 0 aliphatic carbocycles. The van der Waals surface area contributed by atoms with E-state index in [1.807, 2.05) is 11.0 Å². The van der Waals surface area contributed by atoms with Gasteiger partial charge in [-0.3, -0.25) is 14.5 Å². The zero-order chi connectivity index (χ0) is 17.2. The van der Waals surface area contributed by atoms with Gasteiger partial charge in [-0.1, -0.05) is 30.3 Å². The first-order valence-corrected chi connectivity index (χ1v) is 8.83. The van der Waals surface area contributed by atoms with Crippen molar-refractivity contribution in [2.24, 2.45) is 0 Å². The lowest BCUT2D eigenvalue weighted by atomic mass is 9.96. The van der Waals surface area contributed by atoms with E-state index in [-0.39, 0.29) is 23.4 Å². The van der Waals surface area contributed by atoms with E-state index in [1.54, 1.807) is 0 Å². The molecule has 0 bridgehead atoms. The summed E-state index contributed by atoms with van der Waals surface area (Å²) in [5.74, 6) is 0.0806. The minimum Gasteiger partial charge on any atom is -0.344 e. The van der Waals surface area contributed by atoms with Crippen molar-refractivity contribution in [1.82, 2.24) is 15.1 Å². The van der Waals surface area contributed by atoms with Gasteiger partial charge in [0.05, 0.1) is 0 Å². The van der Waals surface area contributed by atoms with Crippen LogP contribution in [0.5, 0.6) is 0 Å². The Kier molecular flexibility index (Phi) is 4.90. The van der Waals surface area contributed by atoms with Crippen molar-refractivity contribution in [1.29, 1.82) is 0 Å². The fraction of sp³-hybridized carbons (Fsp3) is 0.579. The zero-order valence-corrected chi connectivity index (χ0v) is 14.6. The predicted molar refractivity (Wildman–Crippen MR) is 93.3 cm³/mol. The van der Waals surface area contributed by atoms with Gasteiger partial charge in [0.15, 0.2) is 0 Å². The fourth-order valence-corrected chi connectivity index (χ4v) is 3.69. The Bertz CT molecular complexity index is 600. The largest absolute Gasteiger partial charge is 0.344 e. The predicted octanol–water partition coefficient (Wildman–Crippen LogP) is 1.78. The van der Waals surface area contributed by atoms with E-state index >= 15 is 0 Å². The molecule has 1 atom stereocenters. The molecule has 2 heterocycles. The third-order valence-electron chi connectivity index (χ3n) is 5.13. The summed E-state index contributed by atoms with van der Waals surface area (Å²) in [5.41, 5.74) is 1.22. The van der Waals surface area contributed by atoms with Gasteiger partial charge in [-0.25, -0.2) is 0 Å². The van der Waals surface area contributed by atoms with E-state index in [0.29, 0.717) is 13.0 Å². The average molecular weight is 329 g/mol. The van der Waals surface area contributed by atoms with Gasteiger partial charge in [-0.05, 0) is 32.3 Å². The van der Waals surface area contributed by atoms with Gasteiger partial charge >= 0.3 is 0 Å². The Morgan fingerprint density at radius 2 is 2.00 bits per heavy atom. The monoisotopic (exact) mass is 329 g/mol. The highest BCUT2D eigenvalue weighted by Crippen LogP contribution is 2.24. The van der Waals surface area contributed by atoms with Gasteiger partial charge < -0.3 is 10.2 Å². The van der Waals surface area contributed by atoms with Crippen LogP contribution in [-0.4, -0.2) is 52.8 Å². The van der Waals surface area contributed by atoms with E-state index in [0.717, 1.165) is 32.5 Å². The second kappa shape index (κ2) is 6.93. The molecule has 2 fully saturated rings. The zero-order valence-electron chi connectivity index (χ0n) is 14.6. The minimum absolute atomic E-state index is 0.00146. The standard InChI is InChI=1S/C19H27N3O2/c1-19(2)14-21(18(24)16-9-6-10-17(23)20-16)11-12-22(19)13-15-7-4-3-5-8-15/h3-5,7-8,16H,6,9-14H2,1-2H3,(H,20,23)/t16-/m1/s1. The summed E-state index contributed by atoms with van der Waals surface area (Å²) < 4.78 is 0. The number of hydrogen-bond acceptors (Lipinski definition) is 3. The van der Waals surface area contributed by atoms with Crippen LogP contribution >= 0.6 is 0 Å². The van der Waals surface area contributed by atoms with E-state index in [4.69, 9.17) is 0 Å². The maximum Gasteiger partial charge on any atom is 0.245 e. The van der Waals surface area contributed by atoms with Gasteiger partial charge in [-0.15, -0.1) is 0 Å². The molecule has 1 aromatic carbocycles. The van der Waals surface area contributed by atoms with Crippen molar-refractivity contribution in [2.75, 3.05) is 19.6 Å². The Morgan fingerprint density at radius 1 is 1.25 bits per heavy atom. The van der Waals surface area contributed by atoms with Crippen LogP contribution in [0.4, 0.5) is 0 Å². The van der Waals surface area contributed by atoms with E-state index in [9.17, 15) is 9.59 Å². The van der Waals surface area contributed by atoms with Crippen molar-refractivity contribution in [3.63, 3.8) is 0 Å². The molecule has 1 N–H and O–H groups in total. The van der Waals surface area contributed by atoms with Crippen molar-refractivity contribution in [2.45, 2.75) is 51.2 Å². The number of nitrogens with one attached hydrogen (secondary N) is 1. The molecule has 2 aliphatic heterocycles. The molecule has 2 amide bonds. The van der Waals surface area contributed by atoms with Gasteiger partial charge in [0.1, 0.15) is 6.04 Å². The molecule has 130 valence electrons. The molecule has 1 aromatic rings. The lowest BCUT2D eigenvalue weighted by molar-refractivity contribution is -0.142. The van der Waals surface area contributed by atoms with Crippen LogP contribution in [0, 0.1) is 0 Å². The van der Waals surface area contributed by atoms with Crippen LogP contribution < -0.4 is 5.32 Å². The Morgan fingerprint density at radius 3 is 2.67 bits per heavy atom. The lowest BCUT2D eigenvalue weighted by Gasteiger charge is -2.48.